The number of aromatic nitrogens is 1. The molecule has 1 aliphatic carbocycles. The number of benzene rings is 1. The fourth-order valence-electron chi connectivity index (χ4n) is 4.16. The molecule has 1 N–H and O–H groups in total. The Hall–Kier alpha value is -2.80. The van der Waals surface area contributed by atoms with Gasteiger partial charge in [-0.2, -0.15) is 0 Å². The van der Waals surface area contributed by atoms with Crippen LogP contribution in [0.25, 0.3) is 0 Å². The number of ether oxygens (including phenoxy) is 1. The molecule has 0 radical (unpaired) electrons. The van der Waals surface area contributed by atoms with E-state index in [1.165, 1.54) is 12.8 Å². The van der Waals surface area contributed by atoms with Gasteiger partial charge >= 0.3 is 6.03 Å². The number of carbonyl (C=O) groups is 2. The summed E-state index contributed by atoms with van der Waals surface area (Å²) in [5.74, 6) is 0.675. The molecule has 1 saturated carbocycles. The zero-order valence-corrected chi connectivity index (χ0v) is 18.9. The van der Waals surface area contributed by atoms with Crippen LogP contribution in [0.5, 0.6) is 5.88 Å². The Labute approximate surface area is 193 Å². The number of nitrogens with zero attached hydrogens (tertiary/aromatic N) is 3. The van der Waals surface area contributed by atoms with E-state index in [1.807, 2.05) is 29.2 Å². The van der Waals surface area contributed by atoms with Crippen molar-refractivity contribution in [2.45, 2.75) is 44.8 Å². The Balaban J connectivity index is 1.23. The minimum absolute atomic E-state index is 0.0662. The Kier molecular flexibility index (Phi) is 7.47. The third-order valence-corrected chi connectivity index (χ3v) is 6.30. The Morgan fingerprint density at radius 2 is 1.72 bits per heavy atom. The van der Waals surface area contributed by atoms with Crippen molar-refractivity contribution in [1.82, 2.24) is 20.1 Å². The van der Waals surface area contributed by atoms with Gasteiger partial charge in [-0.15, -0.1) is 0 Å². The topological polar surface area (TPSA) is 74.8 Å². The van der Waals surface area contributed by atoms with Crippen LogP contribution in [0.1, 0.15) is 36.8 Å². The zero-order chi connectivity index (χ0) is 22.3. The number of nitrogens with one attached hydrogen (secondary N) is 1. The summed E-state index contributed by atoms with van der Waals surface area (Å²) in [7, 11) is 0. The van der Waals surface area contributed by atoms with Crippen molar-refractivity contribution < 1.29 is 14.3 Å². The first kappa shape index (κ1) is 22.4. The Morgan fingerprint density at radius 3 is 2.44 bits per heavy atom. The quantitative estimate of drug-likeness (QED) is 0.719. The summed E-state index contributed by atoms with van der Waals surface area (Å²) in [5, 5.41) is 3.63. The number of hydrogen-bond acceptors (Lipinski definition) is 4. The lowest BCUT2D eigenvalue weighted by atomic mass is 10.1. The standard InChI is InChI=1S/C24H29ClN4O3/c25-20-9-7-18(8-10-20)16-22(30)28-12-14-29(15-13-28)24(31)27-17-19-4-3-11-26-23(19)32-21-5-1-2-6-21/h3-4,7-11,21H,1-2,5-6,12-17H2,(H,27,31). The first-order valence-electron chi connectivity index (χ1n) is 11.2. The number of carbonyl (C=O) groups excluding carboxylic acids is 2. The number of amides is 3. The molecule has 2 heterocycles. The van der Waals surface area contributed by atoms with E-state index in [0.29, 0.717) is 50.0 Å². The molecule has 3 amide bonds. The second kappa shape index (κ2) is 10.7. The smallest absolute Gasteiger partial charge is 0.317 e. The third-order valence-electron chi connectivity index (χ3n) is 6.05. The highest BCUT2D eigenvalue weighted by atomic mass is 35.5. The van der Waals surface area contributed by atoms with E-state index in [1.54, 1.807) is 23.2 Å². The van der Waals surface area contributed by atoms with Gasteiger partial charge in [0.25, 0.3) is 0 Å². The zero-order valence-electron chi connectivity index (χ0n) is 18.1. The average molecular weight is 457 g/mol. The molecule has 0 bridgehead atoms. The van der Waals surface area contributed by atoms with Gasteiger partial charge in [-0.25, -0.2) is 9.78 Å². The Morgan fingerprint density at radius 1 is 1.03 bits per heavy atom. The first-order valence-corrected chi connectivity index (χ1v) is 11.6. The molecule has 1 aliphatic heterocycles. The second-order valence-corrected chi connectivity index (χ2v) is 8.76. The lowest BCUT2D eigenvalue weighted by molar-refractivity contribution is -0.131. The predicted octanol–water partition coefficient (Wildman–Crippen LogP) is 3.65. The van der Waals surface area contributed by atoms with Crippen LogP contribution < -0.4 is 10.1 Å². The van der Waals surface area contributed by atoms with Crippen LogP contribution in [0.4, 0.5) is 4.79 Å². The van der Waals surface area contributed by atoms with Gasteiger partial charge in [0, 0.05) is 49.5 Å². The van der Waals surface area contributed by atoms with Gasteiger partial charge in [0.1, 0.15) is 6.10 Å². The summed E-state index contributed by atoms with van der Waals surface area (Å²) in [4.78, 5) is 33.2. The van der Waals surface area contributed by atoms with Crippen molar-refractivity contribution in [2.24, 2.45) is 0 Å². The van der Waals surface area contributed by atoms with Gasteiger partial charge in [0.15, 0.2) is 0 Å². The van der Waals surface area contributed by atoms with E-state index in [0.717, 1.165) is 24.0 Å². The van der Waals surface area contributed by atoms with Crippen molar-refractivity contribution in [2.75, 3.05) is 26.2 Å². The van der Waals surface area contributed by atoms with Crippen LogP contribution in [0.15, 0.2) is 42.6 Å². The molecule has 32 heavy (non-hydrogen) atoms. The monoisotopic (exact) mass is 456 g/mol. The van der Waals surface area contributed by atoms with E-state index in [2.05, 4.69) is 10.3 Å². The van der Waals surface area contributed by atoms with Crippen molar-refractivity contribution in [3.63, 3.8) is 0 Å². The molecule has 2 fully saturated rings. The van der Waals surface area contributed by atoms with Crippen molar-refractivity contribution in [1.29, 1.82) is 0 Å². The fourth-order valence-corrected chi connectivity index (χ4v) is 4.29. The van der Waals surface area contributed by atoms with Crippen LogP contribution in [-0.4, -0.2) is 59.0 Å². The number of hydrogen-bond donors (Lipinski definition) is 1. The molecule has 1 aromatic heterocycles. The molecule has 1 saturated heterocycles. The largest absolute Gasteiger partial charge is 0.474 e. The highest BCUT2D eigenvalue weighted by molar-refractivity contribution is 6.30. The second-order valence-electron chi connectivity index (χ2n) is 8.32. The summed E-state index contributed by atoms with van der Waals surface area (Å²) in [6.07, 6.45) is 6.78. The first-order chi connectivity index (χ1) is 15.6. The van der Waals surface area contributed by atoms with E-state index in [4.69, 9.17) is 16.3 Å². The summed E-state index contributed by atoms with van der Waals surface area (Å²) >= 11 is 5.90. The van der Waals surface area contributed by atoms with Crippen molar-refractivity contribution in [3.8, 4) is 5.88 Å². The van der Waals surface area contributed by atoms with Gasteiger partial charge in [-0.05, 0) is 49.4 Å². The highest BCUT2D eigenvalue weighted by Gasteiger charge is 2.24. The molecule has 170 valence electrons. The van der Waals surface area contributed by atoms with Gasteiger partial charge in [0.2, 0.25) is 11.8 Å². The average Bonchev–Trinajstić information content (AvgIpc) is 3.33. The number of piperazine rings is 1. The maximum atomic E-state index is 12.7. The summed E-state index contributed by atoms with van der Waals surface area (Å²) in [5.41, 5.74) is 1.82. The molecule has 7 nitrogen and oxygen atoms in total. The van der Waals surface area contributed by atoms with Crippen LogP contribution in [0.3, 0.4) is 0 Å². The summed E-state index contributed by atoms with van der Waals surface area (Å²) in [6, 6.07) is 11.0. The summed E-state index contributed by atoms with van der Waals surface area (Å²) in [6.45, 7) is 2.45. The maximum Gasteiger partial charge on any atom is 0.317 e. The Bertz CT molecular complexity index is 923. The van der Waals surface area contributed by atoms with Crippen LogP contribution in [0, 0.1) is 0 Å². The molecule has 0 spiro atoms. The van der Waals surface area contributed by atoms with Crippen LogP contribution in [0.2, 0.25) is 5.02 Å². The molecular weight excluding hydrogens is 428 g/mol. The fraction of sp³-hybridized carbons (Fsp3) is 0.458. The van der Waals surface area contributed by atoms with Crippen LogP contribution in [-0.2, 0) is 17.8 Å². The molecule has 0 atom stereocenters. The number of rotatable bonds is 6. The minimum atomic E-state index is -0.134. The van der Waals surface area contributed by atoms with Crippen molar-refractivity contribution >= 4 is 23.5 Å². The normalized spacial score (nSPS) is 16.8. The van der Waals surface area contributed by atoms with E-state index < -0.39 is 0 Å². The minimum Gasteiger partial charge on any atom is -0.474 e. The third kappa shape index (κ3) is 5.91. The molecule has 8 heteroatoms. The lowest BCUT2D eigenvalue weighted by Crippen LogP contribution is -2.53. The number of urea groups is 1. The lowest BCUT2D eigenvalue weighted by Gasteiger charge is -2.34. The molecular formula is C24H29ClN4O3. The van der Waals surface area contributed by atoms with E-state index >= 15 is 0 Å². The van der Waals surface area contributed by atoms with Crippen molar-refractivity contribution in [3.05, 3.63) is 58.7 Å². The molecule has 0 unspecified atom stereocenters. The molecule has 2 aromatic rings. The highest BCUT2D eigenvalue weighted by Crippen LogP contribution is 2.25. The molecule has 1 aromatic carbocycles. The predicted molar refractivity (Wildman–Crippen MR) is 123 cm³/mol. The van der Waals surface area contributed by atoms with Gasteiger partial charge in [-0.3, -0.25) is 4.79 Å². The number of halogens is 1. The van der Waals surface area contributed by atoms with Gasteiger partial charge < -0.3 is 19.9 Å². The molecule has 2 aliphatic rings. The van der Waals surface area contributed by atoms with E-state index in [9.17, 15) is 9.59 Å². The van der Waals surface area contributed by atoms with Gasteiger partial charge in [-0.1, -0.05) is 29.8 Å². The van der Waals surface area contributed by atoms with Crippen LogP contribution >= 0.6 is 11.6 Å². The van der Waals surface area contributed by atoms with E-state index in [-0.39, 0.29) is 18.0 Å². The maximum absolute atomic E-state index is 12.7. The van der Waals surface area contributed by atoms with Gasteiger partial charge in [0.05, 0.1) is 6.42 Å². The number of pyridine rings is 1. The summed E-state index contributed by atoms with van der Waals surface area (Å²) < 4.78 is 6.05. The SMILES string of the molecule is O=C(Cc1ccc(Cl)cc1)N1CCN(C(=O)NCc2cccnc2OC2CCCC2)CC1. The molecule has 4 rings (SSSR count).